The fourth-order valence-corrected chi connectivity index (χ4v) is 2.28. The molecule has 1 aromatic heterocycles. The number of carbonyl (C=O) groups is 2. The molecule has 1 amide bonds. The molecule has 2 atom stereocenters. The van der Waals surface area contributed by atoms with Gasteiger partial charge < -0.3 is 10.4 Å². The average molecular weight is 248 g/mol. The Hall–Kier alpha value is -1.91. The van der Waals surface area contributed by atoms with E-state index in [1.807, 2.05) is 19.1 Å². The predicted molar refractivity (Wildman–Crippen MR) is 66.1 cm³/mol. The number of carbonyl (C=O) groups excluding carboxylic acids is 1. The van der Waals surface area contributed by atoms with Gasteiger partial charge in [0, 0.05) is 11.6 Å². The minimum absolute atomic E-state index is 0.128. The molecule has 0 bridgehead atoms. The van der Waals surface area contributed by atoms with E-state index in [2.05, 4.69) is 10.3 Å². The molecule has 2 unspecified atom stereocenters. The molecule has 0 aromatic carbocycles. The van der Waals surface area contributed by atoms with Gasteiger partial charge >= 0.3 is 5.97 Å². The molecule has 18 heavy (non-hydrogen) atoms. The molecule has 1 aromatic rings. The minimum atomic E-state index is -0.806. The van der Waals surface area contributed by atoms with Gasteiger partial charge in [-0.25, -0.2) is 4.98 Å². The summed E-state index contributed by atoms with van der Waals surface area (Å²) in [5, 5.41) is 11.6. The molecule has 1 heterocycles. The van der Waals surface area contributed by atoms with Crippen molar-refractivity contribution < 1.29 is 14.7 Å². The summed E-state index contributed by atoms with van der Waals surface area (Å²) in [6.45, 7) is 1.85. The fraction of sp³-hybridized carbons (Fsp3) is 0.462. The number of aliphatic carboxylic acids is 1. The van der Waals surface area contributed by atoms with Crippen LogP contribution >= 0.6 is 0 Å². The monoisotopic (exact) mass is 248 g/mol. The summed E-state index contributed by atoms with van der Waals surface area (Å²) < 4.78 is 0. The summed E-state index contributed by atoms with van der Waals surface area (Å²) in [4.78, 5) is 27.0. The Bertz CT molecular complexity index is 473. The van der Waals surface area contributed by atoms with Gasteiger partial charge in [-0.2, -0.15) is 0 Å². The van der Waals surface area contributed by atoms with E-state index in [1.165, 1.54) is 0 Å². The van der Waals surface area contributed by atoms with Crippen molar-refractivity contribution in [2.45, 2.75) is 26.2 Å². The lowest BCUT2D eigenvalue weighted by molar-refractivity contribution is -0.141. The quantitative estimate of drug-likeness (QED) is 0.855. The molecular weight excluding hydrogens is 232 g/mol. The van der Waals surface area contributed by atoms with Gasteiger partial charge in [-0.1, -0.05) is 6.07 Å². The normalized spacial score (nSPS) is 22.7. The van der Waals surface area contributed by atoms with Crippen LogP contribution in [0.5, 0.6) is 0 Å². The Balaban J connectivity index is 1.95. The van der Waals surface area contributed by atoms with Crippen LogP contribution < -0.4 is 5.32 Å². The van der Waals surface area contributed by atoms with Crippen molar-refractivity contribution in [1.29, 1.82) is 0 Å². The first-order valence-electron chi connectivity index (χ1n) is 6.03. The Morgan fingerprint density at radius 1 is 1.33 bits per heavy atom. The highest BCUT2D eigenvalue weighted by Crippen LogP contribution is 2.31. The van der Waals surface area contributed by atoms with Crippen molar-refractivity contribution in [2.75, 3.05) is 5.32 Å². The van der Waals surface area contributed by atoms with Crippen LogP contribution in [0, 0.1) is 18.8 Å². The van der Waals surface area contributed by atoms with E-state index in [1.54, 1.807) is 6.07 Å². The second-order valence-corrected chi connectivity index (χ2v) is 4.70. The van der Waals surface area contributed by atoms with Crippen molar-refractivity contribution >= 4 is 17.7 Å². The summed E-state index contributed by atoms with van der Waals surface area (Å²) in [5.74, 6) is -1.01. The number of anilines is 1. The van der Waals surface area contributed by atoms with Crippen LogP contribution in [0.1, 0.15) is 25.0 Å². The Morgan fingerprint density at radius 2 is 2.06 bits per heavy atom. The zero-order valence-corrected chi connectivity index (χ0v) is 10.2. The van der Waals surface area contributed by atoms with Gasteiger partial charge in [0.25, 0.3) is 0 Å². The van der Waals surface area contributed by atoms with Gasteiger partial charge in [0.1, 0.15) is 5.82 Å². The molecule has 2 N–H and O–H groups in total. The van der Waals surface area contributed by atoms with E-state index in [-0.39, 0.29) is 17.7 Å². The first kappa shape index (κ1) is 12.5. The second-order valence-electron chi connectivity index (χ2n) is 4.70. The number of pyridine rings is 1. The van der Waals surface area contributed by atoms with E-state index in [9.17, 15) is 9.59 Å². The van der Waals surface area contributed by atoms with E-state index < -0.39 is 5.97 Å². The van der Waals surface area contributed by atoms with Gasteiger partial charge in [0.2, 0.25) is 5.91 Å². The highest BCUT2D eigenvalue weighted by atomic mass is 16.4. The fourth-order valence-electron chi connectivity index (χ4n) is 2.28. The van der Waals surface area contributed by atoms with Gasteiger partial charge in [-0.15, -0.1) is 0 Å². The smallest absolute Gasteiger partial charge is 0.306 e. The van der Waals surface area contributed by atoms with Crippen LogP contribution in [0.4, 0.5) is 5.82 Å². The molecule has 0 aliphatic heterocycles. The number of hydrogen-bond donors (Lipinski definition) is 2. The Kier molecular flexibility index (Phi) is 3.60. The third-order valence-electron chi connectivity index (χ3n) is 3.29. The van der Waals surface area contributed by atoms with Gasteiger partial charge in [-0.3, -0.25) is 9.59 Å². The van der Waals surface area contributed by atoms with Crippen molar-refractivity contribution in [3.63, 3.8) is 0 Å². The molecule has 5 nitrogen and oxygen atoms in total. The highest BCUT2D eigenvalue weighted by Gasteiger charge is 2.33. The van der Waals surface area contributed by atoms with Crippen LogP contribution in [0.2, 0.25) is 0 Å². The largest absolute Gasteiger partial charge is 0.481 e. The standard InChI is InChI=1S/C13H16N2O3/c1-8-3-2-4-11(14-8)15-12(16)9-5-6-10(7-9)13(17)18/h2-4,9-10H,5-7H2,1H3,(H,17,18)(H,14,15,16). The first-order chi connectivity index (χ1) is 8.56. The molecular formula is C13H16N2O3. The average Bonchev–Trinajstić information content (AvgIpc) is 2.78. The summed E-state index contributed by atoms with van der Waals surface area (Å²) >= 11 is 0. The maximum Gasteiger partial charge on any atom is 0.306 e. The minimum Gasteiger partial charge on any atom is -0.481 e. The zero-order chi connectivity index (χ0) is 13.1. The first-order valence-corrected chi connectivity index (χ1v) is 6.03. The van der Waals surface area contributed by atoms with Gasteiger partial charge in [0.05, 0.1) is 5.92 Å². The van der Waals surface area contributed by atoms with Crippen LogP contribution in [-0.4, -0.2) is 22.0 Å². The molecule has 0 spiro atoms. The van der Waals surface area contributed by atoms with Crippen LogP contribution in [0.15, 0.2) is 18.2 Å². The van der Waals surface area contributed by atoms with Crippen LogP contribution in [0.25, 0.3) is 0 Å². The second kappa shape index (κ2) is 5.16. The van der Waals surface area contributed by atoms with Crippen molar-refractivity contribution in [2.24, 2.45) is 11.8 Å². The third-order valence-corrected chi connectivity index (χ3v) is 3.29. The lowest BCUT2D eigenvalue weighted by Crippen LogP contribution is -2.22. The Morgan fingerprint density at radius 3 is 2.67 bits per heavy atom. The van der Waals surface area contributed by atoms with Crippen LogP contribution in [0.3, 0.4) is 0 Å². The molecule has 0 saturated heterocycles. The number of carboxylic acids is 1. The highest BCUT2D eigenvalue weighted by molar-refractivity contribution is 5.92. The molecule has 0 radical (unpaired) electrons. The maximum atomic E-state index is 12.0. The molecule has 96 valence electrons. The number of nitrogens with one attached hydrogen (secondary N) is 1. The Labute approximate surface area is 105 Å². The number of amides is 1. The number of rotatable bonds is 3. The topological polar surface area (TPSA) is 79.3 Å². The van der Waals surface area contributed by atoms with Gasteiger partial charge in [-0.05, 0) is 38.3 Å². The van der Waals surface area contributed by atoms with Crippen molar-refractivity contribution in [3.05, 3.63) is 23.9 Å². The van der Waals surface area contributed by atoms with E-state index >= 15 is 0 Å². The van der Waals surface area contributed by atoms with E-state index in [0.29, 0.717) is 25.1 Å². The molecule has 2 rings (SSSR count). The number of aryl methyl sites for hydroxylation is 1. The number of nitrogens with zero attached hydrogens (tertiary/aromatic N) is 1. The van der Waals surface area contributed by atoms with Crippen LogP contribution in [-0.2, 0) is 9.59 Å². The lowest BCUT2D eigenvalue weighted by Gasteiger charge is -2.10. The number of aromatic nitrogens is 1. The molecule has 1 saturated carbocycles. The van der Waals surface area contributed by atoms with Crippen molar-refractivity contribution in [1.82, 2.24) is 4.98 Å². The molecule has 1 aliphatic rings. The van der Waals surface area contributed by atoms with Gasteiger partial charge in [0.15, 0.2) is 0 Å². The third kappa shape index (κ3) is 2.85. The summed E-state index contributed by atoms with van der Waals surface area (Å²) in [6.07, 6.45) is 1.64. The van der Waals surface area contributed by atoms with E-state index in [0.717, 1.165) is 5.69 Å². The number of carboxylic acid groups (broad SMARTS) is 1. The molecule has 1 fully saturated rings. The summed E-state index contributed by atoms with van der Waals surface area (Å²) in [5.41, 5.74) is 0.836. The lowest BCUT2D eigenvalue weighted by atomic mass is 10.0. The maximum absolute atomic E-state index is 12.0. The SMILES string of the molecule is Cc1cccc(NC(=O)C2CCC(C(=O)O)C2)n1. The summed E-state index contributed by atoms with van der Waals surface area (Å²) in [7, 11) is 0. The summed E-state index contributed by atoms with van der Waals surface area (Å²) in [6, 6.07) is 5.41. The predicted octanol–water partition coefficient (Wildman–Crippen LogP) is 1.83. The zero-order valence-electron chi connectivity index (χ0n) is 10.2. The molecule has 5 heteroatoms. The molecule has 1 aliphatic carbocycles. The van der Waals surface area contributed by atoms with Crippen molar-refractivity contribution in [3.8, 4) is 0 Å². The van der Waals surface area contributed by atoms with E-state index in [4.69, 9.17) is 5.11 Å². The number of hydrogen-bond acceptors (Lipinski definition) is 3.